The zero-order chi connectivity index (χ0) is 15.8. The molecule has 3 aromatic rings. The summed E-state index contributed by atoms with van der Waals surface area (Å²) in [4.78, 5) is 28.7. The van der Waals surface area contributed by atoms with E-state index in [0.717, 1.165) is 5.56 Å². The van der Waals surface area contributed by atoms with Gasteiger partial charge in [-0.05, 0) is 35.9 Å². The Hall–Kier alpha value is -3.22. The molecule has 3 N–H and O–H groups in total. The fraction of sp³-hybridized carbons (Fsp3) is 0.125. The van der Waals surface area contributed by atoms with Crippen LogP contribution in [0.25, 0.3) is 11.0 Å². The van der Waals surface area contributed by atoms with Crippen molar-refractivity contribution in [3.8, 4) is 11.5 Å². The van der Waals surface area contributed by atoms with Crippen LogP contribution in [0.15, 0.2) is 41.2 Å². The molecule has 1 aromatic heterocycles. The summed E-state index contributed by atoms with van der Waals surface area (Å²) < 4.78 is 10.6. The lowest BCUT2D eigenvalue weighted by Crippen LogP contribution is -2.22. The van der Waals surface area contributed by atoms with Crippen molar-refractivity contribution >= 4 is 16.9 Å². The van der Waals surface area contributed by atoms with Gasteiger partial charge in [0.1, 0.15) is 0 Å². The number of rotatable bonds is 3. The Kier molecular flexibility index (Phi) is 3.04. The summed E-state index contributed by atoms with van der Waals surface area (Å²) in [5, 5.41) is 2.84. The van der Waals surface area contributed by atoms with Crippen LogP contribution in [0, 0.1) is 0 Å². The molecule has 4 rings (SSSR count). The molecule has 2 heterocycles. The van der Waals surface area contributed by atoms with Gasteiger partial charge in [-0.15, -0.1) is 0 Å². The summed E-state index contributed by atoms with van der Waals surface area (Å²) >= 11 is 0. The Bertz CT molecular complexity index is 957. The van der Waals surface area contributed by atoms with Gasteiger partial charge in [-0.2, -0.15) is 0 Å². The third kappa shape index (κ3) is 2.52. The van der Waals surface area contributed by atoms with Crippen molar-refractivity contribution < 1.29 is 14.3 Å². The van der Waals surface area contributed by atoms with Crippen LogP contribution in [0.2, 0.25) is 0 Å². The van der Waals surface area contributed by atoms with Gasteiger partial charge in [-0.3, -0.25) is 4.79 Å². The highest BCUT2D eigenvalue weighted by Crippen LogP contribution is 2.32. The van der Waals surface area contributed by atoms with E-state index in [1.54, 1.807) is 18.2 Å². The monoisotopic (exact) mass is 311 g/mol. The van der Waals surface area contributed by atoms with Crippen molar-refractivity contribution in [2.75, 3.05) is 6.79 Å². The molecule has 0 bridgehead atoms. The molecule has 0 aliphatic carbocycles. The van der Waals surface area contributed by atoms with Crippen molar-refractivity contribution in [1.82, 2.24) is 15.3 Å². The smallest absolute Gasteiger partial charge is 0.323 e. The molecule has 0 saturated carbocycles. The lowest BCUT2D eigenvalue weighted by atomic mass is 10.1. The number of imidazole rings is 1. The van der Waals surface area contributed by atoms with Gasteiger partial charge in [0.05, 0.1) is 11.0 Å². The maximum atomic E-state index is 12.2. The molecule has 116 valence electrons. The normalized spacial score (nSPS) is 12.5. The predicted molar refractivity (Wildman–Crippen MR) is 82.7 cm³/mol. The van der Waals surface area contributed by atoms with Crippen LogP contribution < -0.4 is 20.5 Å². The van der Waals surface area contributed by atoms with E-state index >= 15 is 0 Å². The molecule has 0 atom stereocenters. The number of nitrogens with one attached hydrogen (secondary N) is 3. The van der Waals surface area contributed by atoms with Crippen molar-refractivity contribution in [3.05, 3.63) is 58.0 Å². The topological polar surface area (TPSA) is 96.2 Å². The highest BCUT2D eigenvalue weighted by molar-refractivity contribution is 5.97. The molecule has 2 aromatic carbocycles. The van der Waals surface area contributed by atoms with E-state index in [1.165, 1.54) is 0 Å². The summed E-state index contributed by atoms with van der Waals surface area (Å²) in [5.41, 5.74) is 2.37. The molecule has 0 radical (unpaired) electrons. The zero-order valence-corrected chi connectivity index (χ0v) is 12.0. The standard InChI is InChI=1S/C16H13N3O4/c20-15(10-2-3-11-12(6-10)19-16(21)18-11)17-7-9-1-4-13-14(5-9)23-8-22-13/h1-6H,7-8H2,(H,17,20)(H2,18,19,21). The van der Waals surface area contributed by atoms with Crippen LogP contribution in [0.5, 0.6) is 11.5 Å². The summed E-state index contributed by atoms with van der Waals surface area (Å²) in [6.07, 6.45) is 0. The van der Waals surface area contributed by atoms with E-state index in [-0.39, 0.29) is 18.4 Å². The van der Waals surface area contributed by atoms with Crippen LogP contribution in [0.4, 0.5) is 0 Å². The highest BCUT2D eigenvalue weighted by Gasteiger charge is 2.14. The lowest BCUT2D eigenvalue weighted by molar-refractivity contribution is 0.0951. The minimum atomic E-state index is -0.294. The second kappa shape index (κ2) is 5.20. The number of amides is 1. The maximum Gasteiger partial charge on any atom is 0.323 e. The van der Waals surface area contributed by atoms with Crippen LogP contribution in [0.3, 0.4) is 0 Å². The fourth-order valence-corrected chi connectivity index (χ4v) is 2.51. The average molecular weight is 311 g/mol. The summed E-state index contributed by atoms with van der Waals surface area (Å²) in [6.45, 7) is 0.594. The van der Waals surface area contributed by atoms with Gasteiger partial charge in [0.15, 0.2) is 11.5 Å². The Morgan fingerprint density at radius 2 is 1.87 bits per heavy atom. The van der Waals surface area contributed by atoms with E-state index in [9.17, 15) is 9.59 Å². The van der Waals surface area contributed by atoms with Crippen LogP contribution in [0.1, 0.15) is 15.9 Å². The summed E-state index contributed by atoms with van der Waals surface area (Å²) in [7, 11) is 0. The zero-order valence-electron chi connectivity index (χ0n) is 12.0. The second-order valence-corrected chi connectivity index (χ2v) is 5.21. The molecule has 0 fully saturated rings. The number of carbonyl (C=O) groups excluding carboxylic acids is 1. The summed E-state index contributed by atoms with van der Waals surface area (Å²) in [5.74, 6) is 1.18. The summed E-state index contributed by atoms with van der Waals surface area (Å²) in [6, 6.07) is 10.5. The largest absolute Gasteiger partial charge is 0.454 e. The number of benzene rings is 2. The van der Waals surface area contributed by atoms with E-state index in [0.29, 0.717) is 34.6 Å². The van der Waals surface area contributed by atoms with Gasteiger partial charge in [-0.25, -0.2) is 4.79 Å². The Labute approximate surface area is 130 Å². The number of aromatic amines is 2. The van der Waals surface area contributed by atoms with Crippen LogP contribution in [-0.4, -0.2) is 22.7 Å². The minimum Gasteiger partial charge on any atom is -0.454 e. The van der Waals surface area contributed by atoms with E-state index in [2.05, 4.69) is 15.3 Å². The molecular formula is C16H13N3O4. The number of H-pyrrole nitrogens is 2. The molecule has 7 heteroatoms. The van der Waals surface area contributed by atoms with Crippen molar-refractivity contribution in [2.45, 2.75) is 6.54 Å². The molecule has 1 aliphatic heterocycles. The Balaban J connectivity index is 1.49. The van der Waals surface area contributed by atoms with Gasteiger partial charge in [-0.1, -0.05) is 6.07 Å². The van der Waals surface area contributed by atoms with Gasteiger partial charge < -0.3 is 24.8 Å². The average Bonchev–Trinajstić information content (AvgIpc) is 3.16. The van der Waals surface area contributed by atoms with E-state index in [1.807, 2.05) is 18.2 Å². The fourth-order valence-electron chi connectivity index (χ4n) is 2.51. The molecule has 23 heavy (non-hydrogen) atoms. The SMILES string of the molecule is O=C(NCc1ccc2c(c1)OCO2)c1ccc2[nH]c(=O)[nH]c2c1. The number of fused-ring (bicyclic) bond motifs is 2. The number of hydrogen-bond donors (Lipinski definition) is 3. The third-order valence-electron chi connectivity index (χ3n) is 3.67. The molecule has 1 amide bonds. The second-order valence-electron chi connectivity index (χ2n) is 5.21. The number of hydrogen-bond acceptors (Lipinski definition) is 4. The Morgan fingerprint density at radius 1 is 1.04 bits per heavy atom. The van der Waals surface area contributed by atoms with Gasteiger partial charge in [0.25, 0.3) is 5.91 Å². The highest BCUT2D eigenvalue weighted by atomic mass is 16.7. The lowest BCUT2D eigenvalue weighted by Gasteiger charge is -2.06. The van der Waals surface area contributed by atoms with Crippen molar-refractivity contribution in [2.24, 2.45) is 0 Å². The molecular weight excluding hydrogens is 298 g/mol. The van der Waals surface area contributed by atoms with Crippen molar-refractivity contribution in [1.29, 1.82) is 0 Å². The quantitative estimate of drug-likeness (QED) is 0.683. The minimum absolute atomic E-state index is 0.216. The molecule has 1 aliphatic rings. The first-order chi connectivity index (χ1) is 11.2. The third-order valence-corrected chi connectivity index (χ3v) is 3.67. The molecule has 0 saturated heterocycles. The van der Waals surface area contributed by atoms with Gasteiger partial charge >= 0.3 is 5.69 Å². The number of ether oxygens (including phenoxy) is 2. The van der Waals surface area contributed by atoms with E-state index in [4.69, 9.17) is 9.47 Å². The predicted octanol–water partition coefficient (Wildman–Crippen LogP) is 1.51. The van der Waals surface area contributed by atoms with Gasteiger partial charge in [0.2, 0.25) is 6.79 Å². The molecule has 7 nitrogen and oxygen atoms in total. The first-order valence-electron chi connectivity index (χ1n) is 7.08. The number of aromatic nitrogens is 2. The Morgan fingerprint density at radius 3 is 2.78 bits per heavy atom. The molecule has 0 unspecified atom stereocenters. The van der Waals surface area contributed by atoms with E-state index < -0.39 is 0 Å². The maximum absolute atomic E-state index is 12.2. The van der Waals surface area contributed by atoms with Gasteiger partial charge in [0, 0.05) is 12.1 Å². The van der Waals surface area contributed by atoms with Crippen LogP contribution in [-0.2, 0) is 6.54 Å². The first-order valence-corrected chi connectivity index (χ1v) is 7.08. The molecule has 0 spiro atoms. The van der Waals surface area contributed by atoms with Crippen LogP contribution >= 0.6 is 0 Å². The first kappa shape index (κ1) is 13.4. The van der Waals surface area contributed by atoms with Crippen molar-refractivity contribution in [3.63, 3.8) is 0 Å². The number of carbonyl (C=O) groups is 1.